The van der Waals surface area contributed by atoms with Gasteiger partial charge in [0.25, 0.3) is 0 Å². The van der Waals surface area contributed by atoms with Crippen LogP contribution in [0.4, 0.5) is 35.1 Å². The standard InChI is InChI=1S/C9H8F8O2.C4H6O2/c1-4(5(18)19)3-7(12,13)9(16,17)8(14,15)6(2,10)11;1-3(2)4(5)6/h3H,1-2H3,(H,18,19);1H2,2H3,(H,5,6). The summed E-state index contributed by atoms with van der Waals surface area (Å²) in [5.41, 5.74) is -1.21. The van der Waals surface area contributed by atoms with Crippen LogP contribution >= 0.6 is 0 Å². The Labute approximate surface area is 136 Å². The number of allylic oxidation sites excluding steroid dienone is 1. The summed E-state index contributed by atoms with van der Waals surface area (Å²) in [6.07, 6.45) is -0.991. The maximum atomic E-state index is 12.9. The number of rotatable bonds is 6. The molecule has 0 atom stereocenters. The highest BCUT2D eigenvalue weighted by Crippen LogP contribution is 2.52. The lowest BCUT2D eigenvalue weighted by atomic mass is 9.98. The Kier molecular flexibility index (Phi) is 7.86. The zero-order chi connectivity index (χ0) is 21.0. The Morgan fingerprint density at radius 1 is 0.840 bits per heavy atom. The van der Waals surface area contributed by atoms with E-state index in [2.05, 4.69) is 6.58 Å². The minimum Gasteiger partial charge on any atom is -0.478 e. The molecule has 12 heteroatoms. The Balaban J connectivity index is 0. The van der Waals surface area contributed by atoms with Gasteiger partial charge in [0, 0.05) is 24.1 Å². The van der Waals surface area contributed by atoms with E-state index < -0.39 is 54.2 Å². The van der Waals surface area contributed by atoms with Crippen molar-refractivity contribution >= 4 is 11.9 Å². The van der Waals surface area contributed by atoms with Crippen LogP contribution in [0.1, 0.15) is 20.8 Å². The lowest BCUT2D eigenvalue weighted by Gasteiger charge is -2.34. The van der Waals surface area contributed by atoms with Crippen LogP contribution in [-0.4, -0.2) is 45.8 Å². The number of aliphatic carboxylic acids is 2. The molecule has 0 unspecified atom stereocenters. The van der Waals surface area contributed by atoms with Crippen molar-refractivity contribution in [2.45, 2.75) is 44.5 Å². The lowest BCUT2D eigenvalue weighted by molar-refractivity contribution is -0.351. The highest BCUT2D eigenvalue weighted by molar-refractivity contribution is 5.86. The molecule has 0 spiro atoms. The third-order valence-corrected chi connectivity index (χ3v) is 2.46. The molecule has 2 N–H and O–H groups in total. The molecule has 0 aromatic heterocycles. The summed E-state index contributed by atoms with van der Waals surface area (Å²) < 4.78 is 102. The fourth-order valence-corrected chi connectivity index (χ4v) is 0.909. The first-order valence-electron chi connectivity index (χ1n) is 6.05. The highest BCUT2D eigenvalue weighted by Gasteiger charge is 2.78. The van der Waals surface area contributed by atoms with Crippen molar-refractivity contribution in [2.75, 3.05) is 0 Å². The number of carboxylic acid groups (broad SMARTS) is 2. The molecule has 0 bridgehead atoms. The van der Waals surface area contributed by atoms with E-state index in [4.69, 9.17) is 10.2 Å². The molecule has 0 aliphatic heterocycles. The predicted octanol–water partition coefficient (Wildman–Crippen LogP) is 4.23. The van der Waals surface area contributed by atoms with Gasteiger partial charge in [-0.1, -0.05) is 6.58 Å². The summed E-state index contributed by atoms with van der Waals surface area (Å²) in [4.78, 5) is 19.8. The first kappa shape index (κ1) is 25.1. The van der Waals surface area contributed by atoms with Crippen LogP contribution in [0, 0.1) is 0 Å². The Bertz CT molecular complexity index is 549. The average Bonchev–Trinajstić information content (AvgIpc) is 2.36. The van der Waals surface area contributed by atoms with Crippen molar-refractivity contribution in [1.29, 1.82) is 0 Å². The Hall–Kier alpha value is -2.14. The predicted molar refractivity (Wildman–Crippen MR) is 69.3 cm³/mol. The minimum absolute atomic E-state index is 0.176. The van der Waals surface area contributed by atoms with Crippen LogP contribution in [-0.2, 0) is 9.59 Å². The number of halogens is 8. The third-order valence-electron chi connectivity index (χ3n) is 2.46. The highest BCUT2D eigenvalue weighted by atomic mass is 19.4. The molecular weight excluding hydrogens is 372 g/mol. The summed E-state index contributed by atoms with van der Waals surface area (Å²) in [6, 6.07) is 0. The molecule has 0 radical (unpaired) electrons. The monoisotopic (exact) mass is 386 g/mol. The normalized spacial score (nSPS) is 13.6. The second-order valence-electron chi connectivity index (χ2n) is 4.88. The first-order chi connectivity index (χ1) is 10.7. The van der Waals surface area contributed by atoms with Gasteiger partial charge in [-0.05, 0) is 13.8 Å². The summed E-state index contributed by atoms with van der Waals surface area (Å²) in [6.45, 7) is 4.38. The van der Waals surface area contributed by atoms with Gasteiger partial charge in [0.15, 0.2) is 0 Å². The van der Waals surface area contributed by atoms with Gasteiger partial charge in [-0.3, -0.25) is 0 Å². The van der Waals surface area contributed by atoms with Crippen molar-refractivity contribution in [3.8, 4) is 0 Å². The molecule has 4 nitrogen and oxygen atoms in total. The summed E-state index contributed by atoms with van der Waals surface area (Å²) in [5.74, 6) is -27.0. The van der Waals surface area contributed by atoms with E-state index in [1.807, 2.05) is 0 Å². The quantitative estimate of drug-likeness (QED) is 0.529. The van der Waals surface area contributed by atoms with E-state index >= 15 is 0 Å². The number of carboxylic acids is 2. The second kappa shape index (κ2) is 7.83. The molecule has 0 aromatic carbocycles. The van der Waals surface area contributed by atoms with Gasteiger partial charge < -0.3 is 10.2 Å². The fraction of sp³-hybridized carbons (Fsp3) is 0.538. The fourth-order valence-electron chi connectivity index (χ4n) is 0.909. The van der Waals surface area contributed by atoms with Gasteiger partial charge >= 0.3 is 35.6 Å². The van der Waals surface area contributed by atoms with Gasteiger partial charge in [-0.25, -0.2) is 9.59 Å². The largest absolute Gasteiger partial charge is 0.478 e. The molecule has 0 fully saturated rings. The SMILES string of the molecule is C=C(C)C(=O)O.CC(=CC(F)(F)C(F)(F)C(F)(F)C(C)(F)F)C(=O)O. The van der Waals surface area contributed by atoms with E-state index in [0.29, 0.717) is 6.92 Å². The Morgan fingerprint density at radius 2 is 1.16 bits per heavy atom. The van der Waals surface area contributed by atoms with Gasteiger partial charge in [0.1, 0.15) is 0 Å². The van der Waals surface area contributed by atoms with Crippen molar-refractivity contribution in [2.24, 2.45) is 0 Å². The first-order valence-corrected chi connectivity index (χ1v) is 6.05. The van der Waals surface area contributed by atoms with Gasteiger partial charge in [0.2, 0.25) is 0 Å². The van der Waals surface area contributed by atoms with Gasteiger partial charge in [0.05, 0.1) is 0 Å². The van der Waals surface area contributed by atoms with Crippen molar-refractivity contribution in [3.05, 3.63) is 23.8 Å². The number of hydrogen-bond acceptors (Lipinski definition) is 2. The molecule has 0 saturated heterocycles. The second-order valence-corrected chi connectivity index (χ2v) is 4.88. The molecular formula is C13H14F8O4. The van der Waals surface area contributed by atoms with E-state index in [1.165, 1.54) is 6.92 Å². The molecule has 0 aromatic rings. The molecule has 146 valence electrons. The summed E-state index contributed by atoms with van der Waals surface area (Å²) in [5, 5.41) is 16.1. The van der Waals surface area contributed by atoms with Crippen molar-refractivity contribution in [1.82, 2.24) is 0 Å². The molecule has 0 saturated carbocycles. The molecule has 0 aliphatic carbocycles. The molecule has 0 heterocycles. The van der Waals surface area contributed by atoms with Crippen LogP contribution in [0.2, 0.25) is 0 Å². The van der Waals surface area contributed by atoms with Crippen LogP contribution < -0.4 is 0 Å². The van der Waals surface area contributed by atoms with Gasteiger partial charge in [-0.2, -0.15) is 35.1 Å². The maximum absolute atomic E-state index is 12.9. The summed E-state index contributed by atoms with van der Waals surface area (Å²) >= 11 is 0. The Morgan fingerprint density at radius 3 is 1.36 bits per heavy atom. The molecule has 0 aliphatic rings. The molecule has 25 heavy (non-hydrogen) atoms. The number of carbonyl (C=O) groups is 2. The number of alkyl halides is 8. The van der Waals surface area contributed by atoms with Crippen molar-refractivity contribution in [3.63, 3.8) is 0 Å². The number of hydrogen-bond donors (Lipinski definition) is 2. The van der Waals surface area contributed by atoms with E-state index in [1.54, 1.807) is 0 Å². The molecule has 0 rings (SSSR count). The zero-order valence-electron chi connectivity index (χ0n) is 13.0. The van der Waals surface area contributed by atoms with Gasteiger partial charge in [-0.15, -0.1) is 0 Å². The van der Waals surface area contributed by atoms with Crippen LogP contribution in [0.25, 0.3) is 0 Å². The van der Waals surface area contributed by atoms with Crippen LogP contribution in [0.5, 0.6) is 0 Å². The minimum atomic E-state index is -6.46. The lowest BCUT2D eigenvalue weighted by Crippen LogP contribution is -2.60. The van der Waals surface area contributed by atoms with Crippen LogP contribution in [0.15, 0.2) is 23.8 Å². The smallest absolute Gasteiger partial charge is 0.381 e. The topological polar surface area (TPSA) is 74.6 Å². The summed E-state index contributed by atoms with van der Waals surface area (Å²) in [7, 11) is 0. The maximum Gasteiger partial charge on any atom is 0.381 e. The van der Waals surface area contributed by atoms with Crippen LogP contribution in [0.3, 0.4) is 0 Å². The van der Waals surface area contributed by atoms with E-state index in [9.17, 15) is 44.7 Å². The van der Waals surface area contributed by atoms with Crippen molar-refractivity contribution < 1.29 is 54.9 Å². The van der Waals surface area contributed by atoms with E-state index in [-0.39, 0.29) is 5.57 Å². The average molecular weight is 386 g/mol. The van der Waals surface area contributed by atoms with E-state index in [0.717, 1.165) is 0 Å². The zero-order valence-corrected chi connectivity index (χ0v) is 13.0. The third kappa shape index (κ3) is 6.02. The molecule has 0 amide bonds.